The Balaban J connectivity index is 1.51. The van der Waals surface area contributed by atoms with Crippen LogP contribution in [-0.2, 0) is 14.8 Å². The van der Waals surface area contributed by atoms with Gasteiger partial charge in [-0.2, -0.15) is 9.41 Å². The number of hydrogen-bond acceptors (Lipinski definition) is 4. The summed E-state index contributed by atoms with van der Waals surface area (Å²) in [5.41, 5.74) is 8.97. The van der Waals surface area contributed by atoms with Crippen LogP contribution < -0.4 is 5.43 Å². The number of amides is 1. The van der Waals surface area contributed by atoms with E-state index in [0.29, 0.717) is 17.9 Å². The molecule has 35 heavy (non-hydrogen) atoms. The number of hydrogen-bond donors (Lipinski definition) is 1. The second-order valence-corrected chi connectivity index (χ2v) is 11.2. The Labute approximate surface area is 211 Å². The Bertz CT molecular complexity index is 1370. The van der Waals surface area contributed by atoms with Crippen molar-refractivity contribution in [3.05, 3.63) is 81.6 Å². The van der Waals surface area contributed by atoms with Crippen LogP contribution in [-0.4, -0.2) is 42.0 Å². The molecule has 2 heterocycles. The fraction of sp³-hybridized carbons (Fsp3) is 0.308. The lowest BCUT2D eigenvalue weighted by Gasteiger charge is -2.22. The van der Waals surface area contributed by atoms with Gasteiger partial charge in [0.05, 0.1) is 16.8 Å². The summed E-state index contributed by atoms with van der Waals surface area (Å²) in [7, 11) is -3.82. The van der Waals surface area contributed by atoms with Crippen molar-refractivity contribution in [2.24, 2.45) is 5.10 Å². The van der Waals surface area contributed by atoms with Crippen LogP contribution in [0.25, 0.3) is 5.69 Å². The van der Waals surface area contributed by atoms with Gasteiger partial charge in [0.15, 0.2) is 0 Å². The number of nitrogens with one attached hydrogen (secondary N) is 1. The van der Waals surface area contributed by atoms with Gasteiger partial charge in [-0.3, -0.25) is 4.79 Å². The zero-order chi connectivity index (χ0) is 25.3. The fourth-order valence-corrected chi connectivity index (χ4v) is 6.47. The summed E-state index contributed by atoms with van der Waals surface area (Å²) in [6, 6.07) is 13.4. The predicted octanol–water partition coefficient (Wildman–Crippen LogP) is 4.67. The molecule has 1 saturated heterocycles. The number of nitrogens with zero attached hydrogens (tertiary/aromatic N) is 3. The van der Waals surface area contributed by atoms with Gasteiger partial charge in [-0.1, -0.05) is 29.8 Å². The van der Waals surface area contributed by atoms with Crippen molar-refractivity contribution in [2.45, 2.75) is 51.5 Å². The zero-order valence-corrected chi connectivity index (χ0v) is 21.8. The van der Waals surface area contributed by atoms with Crippen molar-refractivity contribution in [1.29, 1.82) is 0 Å². The highest BCUT2D eigenvalue weighted by atomic mass is 35.5. The summed E-state index contributed by atoms with van der Waals surface area (Å²) in [6.07, 6.45) is 2.65. The van der Waals surface area contributed by atoms with E-state index >= 15 is 0 Å². The summed E-state index contributed by atoms with van der Waals surface area (Å²) in [6.45, 7) is 8.50. The van der Waals surface area contributed by atoms with Crippen LogP contribution in [0.2, 0.25) is 5.02 Å². The Morgan fingerprint density at radius 1 is 1.09 bits per heavy atom. The molecule has 1 aliphatic heterocycles. The molecule has 0 bridgehead atoms. The van der Waals surface area contributed by atoms with Crippen LogP contribution in [0.1, 0.15) is 40.9 Å². The molecule has 4 rings (SSSR count). The first-order valence-electron chi connectivity index (χ1n) is 11.5. The number of benzene rings is 2. The number of hydrazone groups is 1. The van der Waals surface area contributed by atoms with Crippen molar-refractivity contribution in [3.63, 3.8) is 0 Å². The first kappa shape index (κ1) is 25.2. The van der Waals surface area contributed by atoms with Gasteiger partial charge in [0.2, 0.25) is 10.0 Å². The lowest BCUT2D eigenvalue weighted by Crippen LogP contribution is -2.44. The van der Waals surface area contributed by atoms with Gasteiger partial charge in [0.1, 0.15) is 6.04 Å². The quantitative estimate of drug-likeness (QED) is 0.385. The summed E-state index contributed by atoms with van der Waals surface area (Å²) >= 11 is 5.89. The summed E-state index contributed by atoms with van der Waals surface area (Å²) in [5, 5.41) is 4.61. The molecule has 1 aliphatic rings. The second kappa shape index (κ2) is 9.97. The average molecular weight is 513 g/mol. The standard InChI is InChI=1S/C26H29ClN4O3S/c1-17-7-5-8-18(2)25(17)31-19(3)15-21(20(31)4)16-28-29-26(32)24-9-6-14-30(24)35(33,34)23-12-10-22(27)11-13-23/h5,7-8,10-13,15-16,24H,6,9,14H2,1-4H3,(H,29,32)/b28-16-/t24-/m1/s1. The third kappa shape index (κ3) is 4.91. The molecule has 1 atom stereocenters. The van der Waals surface area contributed by atoms with Crippen LogP contribution in [0.3, 0.4) is 0 Å². The molecule has 7 nitrogen and oxygen atoms in total. The molecule has 0 spiro atoms. The van der Waals surface area contributed by atoms with Crippen LogP contribution in [0, 0.1) is 27.7 Å². The number of aryl methyl sites for hydroxylation is 3. The topological polar surface area (TPSA) is 83.8 Å². The number of rotatable bonds is 6. The molecule has 0 saturated carbocycles. The maximum absolute atomic E-state index is 13.1. The number of sulfonamides is 1. The number of carbonyl (C=O) groups is 1. The highest BCUT2D eigenvalue weighted by Crippen LogP contribution is 2.28. The maximum atomic E-state index is 13.1. The third-order valence-corrected chi connectivity index (χ3v) is 8.61. The maximum Gasteiger partial charge on any atom is 0.258 e. The molecule has 2 aromatic carbocycles. The number of carbonyl (C=O) groups excluding carboxylic acids is 1. The molecule has 3 aromatic rings. The molecule has 0 radical (unpaired) electrons. The van der Waals surface area contributed by atoms with Gasteiger partial charge in [0, 0.05) is 28.5 Å². The van der Waals surface area contributed by atoms with Crippen LogP contribution in [0.5, 0.6) is 0 Å². The van der Waals surface area contributed by atoms with Gasteiger partial charge >= 0.3 is 0 Å². The summed E-state index contributed by atoms with van der Waals surface area (Å²) in [5.74, 6) is -0.445. The minimum atomic E-state index is -3.82. The monoisotopic (exact) mass is 512 g/mol. The van der Waals surface area contributed by atoms with E-state index < -0.39 is 22.0 Å². The lowest BCUT2D eigenvalue weighted by atomic mass is 10.1. The molecule has 1 N–H and O–H groups in total. The molecule has 1 aromatic heterocycles. The molecule has 1 fully saturated rings. The van der Waals surface area contributed by atoms with Crippen molar-refractivity contribution in [1.82, 2.24) is 14.3 Å². The largest absolute Gasteiger partial charge is 0.317 e. The van der Waals surface area contributed by atoms with Gasteiger partial charge < -0.3 is 4.57 Å². The summed E-state index contributed by atoms with van der Waals surface area (Å²) < 4.78 is 29.6. The Kier molecular flexibility index (Phi) is 7.17. The van der Waals surface area contributed by atoms with Crippen molar-refractivity contribution in [3.8, 4) is 5.69 Å². The van der Waals surface area contributed by atoms with E-state index in [1.165, 1.54) is 39.7 Å². The van der Waals surface area contributed by atoms with E-state index in [-0.39, 0.29) is 11.4 Å². The zero-order valence-electron chi connectivity index (χ0n) is 20.2. The Morgan fingerprint density at radius 2 is 1.74 bits per heavy atom. The third-order valence-electron chi connectivity index (χ3n) is 6.44. The van der Waals surface area contributed by atoms with Crippen molar-refractivity contribution >= 4 is 33.7 Å². The van der Waals surface area contributed by atoms with Gasteiger partial charge in [0.25, 0.3) is 5.91 Å². The van der Waals surface area contributed by atoms with E-state index in [0.717, 1.165) is 22.6 Å². The number of halogens is 1. The molecular formula is C26H29ClN4O3S. The van der Waals surface area contributed by atoms with Crippen molar-refractivity contribution in [2.75, 3.05) is 6.54 Å². The normalized spacial score (nSPS) is 16.8. The number of aromatic nitrogens is 1. The van der Waals surface area contributed by atoms with E-state index in [2.05, 4.69) is 41.1 Å². The first-order chi connectivity index (χ1) is 16.6. The SMILES string of the molecule is Cc1cccc(C)c1-n1c(C)cc(/C=N\NC(=O)[C@H]2CCCN2S(=O)(=O)c2ccc(Cl)cc2)c1C. The van der Waals surface area contributed by atoms with E-state index in [4.69, 9.17) is 11.6 Å². The smallest absolute Gasteiger partial charge is 0.258 e. The van der Waals surface area contributed by atoms with E-state index in [1.54, 1.807) is 6.21 Å². The Hall–Kier alpha value is -2.94. The molecular weight excluding hydrogens is 484 g/mol. The van der Waals surface area contributed by atoms with E-state index in [1.807, 2.05) is 26.0 Å². The van der Waals surface area contributed by atoms with Gasteiger partial charge in [-0.25, -0.2) is 13.8 Å². The number of para-hydroxylation sites is 1. The van der Waals surface area contributed by atoms with Crippen LogP contribution in [0.4, 0.5) is 0 Å². The van der Waals surface area contributed by atoms with E-state index in [9.17, 15) is 13.2 Å². The van der Waals surface area contributed by atoms with Gasteiger partial charge in [-0.15, -0.1) is 0 Å². The molecule has 184 valence electrons. The second-order valence-electron chi connectivity index (χ2n) is 8.86. The minimum Gasteiger partial charge on any atom is -0.317 e. The Morgan fingerprint density at radius 3 is 2.40 bits per heavy atom. The first-order valence-corrected chi connectivity index (χ1v) is 13.3. The highest BCUT2D eigenvalue weighted by Gasteiger charge is 2.39. The predicted molar refractivity (Wildman–Crippen MR) is 139 cm³/mol. The molecule has 0 aliphatic carbocycles. The summed E-state index contributed by atoms with van der Waals surface area (Å²) in [4.78, 5) is 13.0. The molecule has 0 unspecified atom stereocenters. The van der Waals surface area contributed by atoms with Crippen molar-refractivity contribution < 1.29 is 13.2 Å². The molecule has 9 heteroatoms. The van der Waals surface area contributed by atoms with Gasteiger partial charge in [-0.05, 0) is 82.0 Å². The lowest BCUT2D eigenvalue weighted by molar-refractivity contribution is -0.124. The minimum absolute atomic E-state index is 0.115. The highest BCUT2D eigenvalue weighted by molar-refractivity contribution is 7.89. The molecule has 1 amide bonds. The van der Waals surface area contributed by atoms with Crippen LogP contribution >= 0.6 is 11.6 Å². The van der Waals surface area contributed by atoms with Crippen LogP contribution in [0.15, 0.2) is 58.5 Å². The fourth-order valence-electron chi connectivity index (χ4n) is 4.69. The average Bonchev–Trinajstić information content (AvgIpc) is 3.41.